The third kappa shape index (κ3) is 4.00. The van der Waals surface area contributed by atoms with Crippen LogP contribution in [0.2, 0.25) is 5.02 Å². The molecule has 0 aliphatic rings. The number of aryl methyl sites for hydroxylation is 1. The molecule has 0 saturated heterocycles. The number of benzene rings is 2. The number of anilines is 4. The second-order valence-electron chi connectivity index (χ2n) is 4.95. The maximum atomic E-state index is 6.05. The van der Waals surface area contributed by atoms with Gasteiger partial charge in [-0.1, -0.05) is 29.8 Å². The molecule has 0 saturated carbocycles. The first-order valence-electron chi connectivity index (χ1n) is 6.99. The molecule has 0 aliphatic carbocycles. The molecule has 0 radical (unpaired) electrons. The van der Waals surface area contributed by atoms with Crippen molar-refractivity contribution < 1.29 is 0 Å². The maximum absolute atomic E-state index is 6.05. The Labute approximate surface area is 148 Å². The summed E-state index contributed by atoms with van der Waals surface area (Å²) in [6.45, 7) is 2.01. The molecule has 0 amide bonds. The van der Waals surface area contributed by atoms with E-state index in [1.165, 1.54) is 0 Å². The molecule has 1 aromatic heterocycles. The number of halogens is 2. The topological polar surface area (TPSA) is 49.8 Å². The molecule has 6 heteroatoms. The fourth-order valence-electron chi connectivity index (χ4n) is 2.04. The molecule has 3 rings (SSSR count). The third-order valence-corrected chi connectivity index (χ3v) is 4.16. The van der Waals surface area contributed by atoms with E-state index in [4.69, 9.17) is 11.6 Å². The Balaban J connectivity index is 1.83. The predicted octanol–water partition coefficient (Wildman–Crippen LogP) is 5.69. The molecule has 23 heavy (non-hydrogen) atoms. The van der Waals surface area contributed by atoms with Crippen LogP contribution >= 0.6 is 27.5 Å². The van der Waals surface area contributed by atoms with E-state index >= 15 is 0 Å². The monoisotopic (exact) mass is 388 g/mol. The van der Waals surface area contributed by atoms with Gasteiger partial charge >= 0.3 is 0 Å². The van der Waals surface area contributed by atoms with Gasteiger partial charge in [0.1, 0.15) is 5.82 Å². The molecule has 0 unspecified atom stereocenters. The molecule has 0 aliphatic heterocycles. The van der Waals surface area contributed by atoms with Crippen molar-refractivity contribution in [3.8, 4) is 0 Å². The largest absolute Gasteiger partial charge is 0.340 e. The molecule has 0 bridgehead atoms. The Morgan fingerprint density at radius 3 is 2.65 bits per heavy atom. The summed E-state index contributed by atoms with van der Waals surface area (Å²) in [6, 6.07) is 15.3. The smallest absolute Gasteiger partial charge is 0.229 e. The summed E-state index contributed by atoms with van der Waals surface area (Å²) in [5.41, 5.74) is 2.92. The minimum absolute atomic E-state index is 0.515. The van der Waals surface area contributed by atoms with Crippen molar-refractivity contribution in [2.75, 3.05) is 10.6 Å². The highest BCUT2D eigenvalue weighted by atomic mass is 79.9. The Hall–Kier alpha value is -2.11. The van der Waals surface area contributed by atoms with E-state index in [0.29, 0.717) is 16.8 Å². The number of nitrogens with one attached hydrogen (secondary N) is 2. The lowest BCUT2D eigenvalue weighted by atomic mass is 10.2. The first kappa shape index (κ1) is 15.8. The van der Waals surface area contributed by atoms with E-state index in [9.17, 15) is 0 Å². The maximum Gasteiger partial charge on any atom is 0.229 e. The summed E-state index contributed by atoms with van der Waals surface area (Å²) in [5, 5.41) is 7.14. The van der Waals surface area contributed by atoms with Crippen molar-refractivity contribution in [2.45, 2.75) is 6.92 Å². The van der Waals surface area contributed by atoms with Crippen LogP contribution in [-0.4, -0.2) is 9.97 Å². The van der Waals surface area contributed by atoms with E-state index in [1.54, 1.807) is 6.20 Å². The Bertz CT molecular complexity index is 838. The molecule has 116 valence electrons. The SMILES string of the molecule is Cc1ccc(Cl)cc1Nc1ccnc(Nc2ccccc2Br)n1. The zero-order valence-electron chi connectivity index (χ0n) is 12.3. The normalized spacial score (nSPS) is 10.4. The summed E-state index contributed by atoms with van der Waals surface area (Å²) in [6.07, 6.45) is 1.70. The molecule has 0 spiro atoms. The average Bonchev–Trinajstić information content (AvgIpc) is 2.54. The number of nitrogens with zero attached hydrogens (tertiary/aromatic N) is 2. The number of hydrogen-bond donors (Lipinski definition) is 2. The minimum Gasteiger partial charge on any atom is -0.340 e. The quantitative estimate of drug-likeness (QED) is 0.602. The number of para-hydroxylation sites is 1. The molecular weight excluding hydrogens is 376 g/mol. The summed E-state index contributed by atoms with van der Waals surface area (Å²) in [4.78, 5) is 8.73. The molecule has 3 aromatic rings. The fraction of sp³-hybridized carbons (Fsp3) is 0.0588. The van der Waals surface area contributed by atoms with Gasteiger partial charge in [0, 0.05) is 21.4 Å². The highest BCUT2D eigenvalue weighted by molar-refractivity contribution is 9.10. The fourth-order valence-corrected chi connectivity index (χ4v) is 2.59. The predicted molar refractivity (Wildman–Crippen MR) is 98.9 cm³/mol. The van der Waals surface area contributed by atoms with Crippen LogP contribution < -0.4 is 10.6 Å². The summed E-state index contributed by atoms with van der Waals surface area (Å²) >= 11 is 9.54. The van der Waals surface area contributed by atoms with Gasteiger partial charge in [0.05, 0.1) is 5.69 Å². The number of aromatic nitrogens is 2. The van der Waals surface area contributed by atoms with Crippen molar-refractivity contribution in [1.82, 2.24) is 9.97 Å². The third-order valence-electron chi connectivity index (χ3n) is 3.24. The van der Waals surface area contributed by atoms with Gasteiger partial charge in [-0.3, -0.25) is 0 Å². The van der Waals surface area contributed by atoms with Crippen molar-refractivity contribution in [3.05, 3.63) is 69.8 Å². The van der Waals surface area contributed by atoms with Gasteiger partial charge in [-0.05, 0) is 58.7 Å². The lowest BCUT2D eigenvalue weighted by molar-refractivity contribution is 1.16. The van der Waals surface area contributed by atoms with Gasteiger partial charge in [-0.25, -0.2) is 4.98 Å². The molecule has 1 heterocycles. The average molecular weight is 390 g/mol. The Morgan fingerprint density at radius 2 is 1.83 bits per heavy atom. The minimum atomic E-state index is 0.515. The summed E-state index contributed by atoms with van der Waals surface area (Å²) < 4.78 is 0.952. The first-order chi connectivity index (χ1) is 11.1. The molecule has 2 aromatic carbocycles. The van der Waals surface area contributed by atoms with Gasteiger partial charge in [-0.2, -0.15) is 4.98 Å². The van der Waals surface area contributed by atoms with Crippen LogP contribution in [0.5, 0.6) is 0 Å². The molecule has 2 N–H and O–H groups in total. The Kier molecular flexibility index (Phi) is 4.79. The van der Waals surface area contributed by atoms with Crippen LogP contribution in [-0.2, 0) is 0 Å². The second-order valence-corrected chi connectivity index (χ2v) is 6.25. The van der Waals surface area contributed by atoms with Crippen molar-refractivity contribution >= 4 is 50.7 Å². The van der Waals surface area contributed by atoms with Crippen molar-refractivity contribution in [1.29, 1.82) is 0 Å². The zero-order chi connectivity index (χ0) is 16.2. The number of rotatable bonds is 4. The van der Waals surface area contributed by atoms with Crippen LogP contribution in [0.4, 0.5) is 23.1 Å². The second kappa shape index (κ2) is 6.98. The Morgan fingerprint density at radius 1 is 1.00 bits per heavy atom. The van der Waals surface area contributed by atoms with Gasteiger partial charge in [0.25, 0.3) is 0 Å². The zero-order valence-corrected chi connectivity index (χ0v) is 14.7. The van der Waals surface area contributed by atoms with E-state index in [-0.39, 0.29) is 0 Å². The summed E-state index contributed by atoms with van der Waals surface area (Å²) in [5.74, 6) is 1.21. The van der Waals surface area contributed by atoms with Crippen LogP contribution in [0.3, 0.4) is 0 Å². The van der Waals surface area contributed by atoms with Gasteiger partial charge < -0.3 is 10.6 Å². The number of hydrogen-bond acceptors (Lipinski definition) is 4. The van der Waals surface area contributed by atoms with E-state index in [2.05, 4.69) is 36.5 Å². The van der Waals surface area contributed by atoms with Crippen LogP contribution in [0.25, 0.3) is 0 Å². The molecule has 4 nitrogen and oxygen atoms in total. The first-order valence-corrected chi connectivity index (χ1v) is 8.17. The standard InChI is InChI=1S/C17H14BrClN4/c1-11-6-7-12(19)10-15(11)21-16-8-9-20-17(23-16)22-14-5-3-2-4-13(14)18/h2-10H,1H3,(H2,20,21,22,23). The van der Waals surface area contributed by atoms with Crippen molar-refractivity contribution in [2.24, 2.45) is 0 Å². The highest BCUT2D eigenvalue weighted by Gasteiger charge is 2.05. The van der Waals surface area contributed by atoms with Gasteiger partial charge in [0.2, 0.25) is 5.95 Å². The van der Waals surface area contributed by atoms with Gasteiger partial charge in [-0.15, -0.1) is 0 Å². The van der Waals surface area contributed by atoms with Crippen LogP contribution in [0.1, 0.15) is 5.56 Å². The van der Waals surface area contributed by atoms with Crippen LogP contribution in [0.15, 0.2) is 59.2 Å². The summed E-state index contributed by atoms with van der Waals surface area (Å²) in [7, 11) is 0. The highest BCUT2D eigenvalue weighted by Crippen LogP contribution is 2.26. The van der Waals surface area contributed by atoms with Crippen molar-refractivity contribution in [3.63, 3.8) is 0 Å². The molecule has 0 atom stereocenters. The lowest BCUT2D eigenvalue weighted by Gasteiger charge is -2.11. The van der Waals surface area contributed by atoms with E-state index in [1.807, 2.05) is 55.5 Å². The van der Waals surface area contributed by atoms with E-state index in [0.717, 1.165) is 21.4 Å². The lowest BCUT2D eigenvalue weighted by Crippen LogP contribution is -2.01. The van der Waals surface area contributed by atoms with Crippen LogP contribution in [0, 0.1) is 6.92 Å². The van der Waals surface area contributed by atoms with E-state index < -0.39 is 0 Å². The molecule has 0 fully saturated rings. The molecular formula is C17H14BrClN4. The van der Waals surface area contributed by atoms with Gasteiger partial charge in [0.15, 0.2) is 0 Å².